The fourth-order valence-electron chi connectivity index (χ4n) is 2.92. The van der Waals surface area contributed by atoms with E-state index < -0.39 is 0 Å². The Labute approximate surface area is 169 Å². The molecule has 1 amide bonds. The molecule has 0 unspecified atom stereocenters. The van der Waals surface area contributed by atoms with Crippen molar-refractivity contribution in [3.63, 3.8) is 0 Å². The molecule has 0 atom stereocenters. The topological polar surface area (TPSA) is 47.9 Å². The van der Waals surface area contributed by atoms with Gasteiger partial charge in [-0.1, -0.05) is 47.5 Å². The Kier molecular flexibility index (Phi) is 7.24. The zero-order valence-corrected chi connectivity index (χ0v) is 16.5. The van der Waals surface area contributed by atoms with E-state index in [1.807, 2.05) is 24.3 Å². The van der Waals surface area contributed by atoms with Crippen LogP contribution in [0.5, 0.6) is 0 Å². The van der Waals surface area contributed by atoms with Crippen molar-refractivity contribution in [2.75, 3.05) is 32.7 Å². The average Bonchev–Trinajstić information content (AvgIpc) is 2.67. The first kappa shape index (κ1) is 19.8. The summed E-state index contributed by atoms with van der Waals surface area (Å²) in [5, 5.41) is 5.43. The summed E-state index contributed by atoms with van der Waals surface area (Å²) in [7, 11) is 0. The highest BCUT2D eigenvalue weighted by Crippen LogP contribution is 2.13. The van der Waals surface area contributed by atoms with Crippen molar-refractivity contribution >= 4 is 35.3 Å². The molecule has 2 aromatic carbocycles. The van der Waals surface area contributed by atoms with Crippen LogP contribution in [0.1, 0.15) is 11.1 Å². The number of carbonyl (C=O) groups is 1. The number of hydrogen-bond donors (Lipinski definition) is 1. The maximum atomic E-state index is 12.0. The molecule has 0 aliphatic carbocycles. The van der Waals surface area contributed by atoms with Crippen molar-refractivity contribution in [3.05, 3.63) is 69.7 Å². The van der Waals surface area contributed by atoms with Gasteiger partial charge < -0.3 is 0 Å². The lowest BCUT2D eigenvalue weighted by atomic mass is 10.2. The minimum atomic E-state index is -0.105. The van der Waals surface area contributed by atoms with Gasteiger partial charge in [0.1, 0.15) is 0 Å². The molecule has 27 heavy (non-hydrogen) atoms. The molecule has 7 heteroatoms. The van der Waals surface area contributed by atoms with E-state index in [4.69, 9.17) is 23.2 Å². The lowest BCUT2D eigenvalue weighted by Gasteiger charge is -2.34. The van der Waals surface area contributed by atoms with E-state index >= 15 is 0 Å². The molecule has 1 aliphatic heterocycles. The van der Waals surface area contributed by atoms with E-state index in [9.17, 15) is 4.79 Å². The van der Waals surface area contributed by atoms with Crippen LogP contribution in [0.4, 0.5) is 0 Å². The van der Waals surface area contributed by atoms with Crippen LogP contribution in [0.15, 0.2) is 53.6 Å². The second-order valence-corrected chi connectivity index (χ2v) is 7.40. The highest BCUT2D eigenvalue weighted by molar-refractivity contribution is 6.30. The second kappa shape index (κ2) is 9.85. The lowest BCUT2D eigenvalue weighted by molar-refractivity contribution is -0.122. The smallest absolute Gasteiger partial charge is 0.254 e. The number of hydrogen-bond acceptors (Lipinski definition) is 4. The van der Waals surface area contributed by atoms with Gasteiger partial charge in [-0.2, -0.15) is 5.10 Å². The Hall–Kier alpha value is -1.92. The number of piperazine rings is 1. The van der Waals surface area contributed by atoms with Crippen LogP contribution in [0.2, 0.25) is 10.0 Å². The molecule has 0 radical (unpaired) electrons. The van der Waals surface area contributed by atoms with E-state index in [0.29, 0.717) is 11.6 Å². The summed E-state index contributed by atoms with van der Waals surface area (Å²) in [5.41, 5.74) is 4.72. The summed E-state index contributed by atoms with van der Waals surface area (Å²) < 4.78 is 0. The Morgan fingerprint density at radius 2 is 1.48 bits per heavy atom. The highest BCUT2D eigenvalue weighted by Gasteiger charge is 2.18. The van der Waals surface area contributed by atoms with E-state index in [2.05, 4.69) is 32.5 Å². The predicted octanol–water partition coefficient (Wildman–Crippen LogP) is 3.26. The first-order valence-corrected chi connectivity index (χ1v) is 9.61. The Bertz CT molecular complexity index is 770. The quantitative estimate of drug-likeness (QED) is 0.593. The van der Waals surface area contributed by atoms with Crippen molar-refractivity contribution in [2.45, 2.75) is 6.54 Å². The number of carbonyl (C=O) groups excluding carboxylic acids is 1. The molecule has 1 aliphatic rings. The zero-order chi connectivity index (χ0) is 19.1. The van der Waals surface area contributed by atoms with E-state index in [0.717, 1.165) is 43.3 Å². The molecule has 2 aromatic rings. The first-order chi connectivity index (χ1) is 13.1. The van der Waals surface area contributed by atoms with Crippen molar-refractivity contribution in [2.24, 2.45) is 5.10 Å². The number of nitrogens with zero attached hydrogens (tertiary/aromatic N) is 3. The molecule has 5 nitrogen and oxygen atoms in total. The summed E-state index contributed by atoms with van der Waals surface area (Å²) >= 11 is 11.8. The summed E-state index contributed by atoms with van der Waals surface area (Å²) in [6, 6.07) is 15.2. The van der Waals surface area contributed by atoms with E-state index in [1.165, 1.54) is 5.56 Å². The van der Waals surface area contributed by atoms with Gasteiger partial charge in [-0.3, -0.25) is 14.6 Å². The number of benzene rings is 2. The number of nitrogens with one attached hydrogen (secondary N) is 1. The summed E-state index contributed by atoms with van der Waals surface area (Å²) in [6.07, 6.45) is 1.61. The summed E-state index contributed by atoms with van der Waals surface area (Å²) in [6.45, 7) is 4.85. The van der Waals surface area contributed by atoms with Gasteiger partial charge in [0.05, 0.1) is 12.8 Å². The number of halogens is 2. The molecule has 142 valence electrons. The van der Waals surface area contributed by atoms with Gasteiger partial charge in [0, 0.05) is 42.8 Å². The fourth-order valence-corrected chi connectivity index (χ4v) is 3.17. The standard InChI is InChI=1S/C20H22Cl2N4O/c21-18-5-1-16(2-6-18)13-23-24-20(27)15-26-11-9-25(10-12-26)14-17-3-7-19(22)8-4-17/h1-8,13H,9-12,14-15H2,(H,24,27)/b23-13+. The third-order valence-electron chi connectivity index (χ3n) is 4.42. The molecule has 1 saturated heterocycles. The molecule has 1 N–H and O–H groups in total. The van der Waals surface area contributed by atoms with Crippen LogP contribution < -0.4 is 5.43 Å². The van der Waals surface area contributed by atoms with Crippen LogP contribution >= 0.6 is 23.2 Å². The van der Waals surface area contributed by atoms with Crippen LogP contribution in [0.25, 0.3) is 0 Å². The van der Waals surface area contributed by atoms with E-state index in [1.54, 1.807) is 18.3 Å². The second-order valence-electron chi connectivity index (χ2n) is 6.52. The van der Waals surface area contributed by atoms with Crippen molar-refractivity contribution in [1.29, 1.82) is 0 Å². The maximum Gasteiger partial charge on any atom is 0.254 e. The van der Waals surface area contributed by atoms with Crippen LogP contribution in [0.3, 0.4) is 0 Å². The molecule has 3 rings (SSSR count). The molecule has 0 bridgehead atoms. The zero-order valence-electron chi connectivity index (χ0n) is 14.9. The molecular weight excluding hydrogens is 383 g/mol. The fraction of sp³-hybridized carbons (Fsp3) is 0.300. The van der Waals surface area contributed by atoms with Gasteiger partial charge in [-0.05, 0) is 35.4 Å². The third kappa shape index (κ3) is 6.63. The number of amides is 1. The summed E-state index contributed by atoms with van der Waals surface area (Å²) in [4.78, 5) is 16.6. The SMILES string of the molecule is O=C(CN1CCN(Cc2ccc(Cl)cc2)CC1)N/N=C/c1ccc(Cl)cc1. The Morgan fingerprint density at radius 1 is 0.926 bits per heavy atom. The highest BCUT2D eigenvalue weighted by atomic mass is 35.5. The largest absolute Gasteiger partial charge is 0.297 e. The predicted molar refractivity (Wildman–Crippen MR) is 110 cm³/mol. The molecule has 0 spiro atoms. The lowest BCUT2D eigenvalue weighted by Crippen LogP contribution is -2.48. The van der Waals surface area contributed by atoms with Gasteiger partial charge in [0.15, 0.2) is 0 Å². The Balaban J connectivity index is 1.37. The van der Waals surface area contributed by atoms with Crippen LogP contribution in [0, 0.1) is 0 Å². The first-order valence-electron chi connectivity index (χ1n) is 8.85. The molecule has 0 saturated carbocycles. The maximum absolute atomic E-state index is 12.0. The average molecular weight is 405 g/mol. The minimum absolute atomic E-state index is 0.105. The van der Waals surface area contributed by atoms with Crippen LogP contribution in [-0.4, -0.2) is 54.6 Å². The molecular formula is C20H22Cl2N4O. The van der Waals surface area contributed by atoms with Gasteiger partial charge >= 0.3 is 0 Å². The van der Waals surface area contributed by atoms with Crippen molar-refractivity contribution in [3.8, 4) is 0 Å². The normalized spacial score (nSPS) is 15.9. The third-order valence-corrected chi connectivity index (χ3v) is 4.93. The van der Waals surface area contributed by atoms with Crippen LogP contribution in [-0.2, 0) is 11.3 Å². The number of rotatable bonds is 6. The monoisotopic (exact) mass is 404 g/mol. The van der Waals surface area contributed by atoms with Gasteiger partial charge in [-0.15, -0.1) is 0 Å². The van der Waals surface area contributed by atoms with E-state index in [-0.39, 0.29) is 5.91 Å². The Morgan fingerprint density at radius 3 is 2.11 bits per heavy atom. The van der Waals surface area contributed by atoms with Gasteiger partial charge in [-0.25, -0.2) is 5.43 Å². The van der Waals surface area contributed by atoms with Crippen molar-refractivity contribution < 1.29 is 4.79 Å². The summed E-state index contributed by atoms with van der Waals surface area (Å²) in [5.74, 6) is -0.105. The minimum Gasteiger partial charge on any atom is -0.297 e. The molecule has 0 aromatic heterocycles. The van der Waals surface area contributed by atoms with Gasteiger partial charge in [0.2, 0.25) is 0 Å². The molecule has 1 fully saturated rings. The van der Waals surface area contributed by atoms with Gasteiger partial charge in [0.25, 0.3) is 5.91 Å². The van der Waals surface area contributed by atoms with Crippen molar-refractivity contribution in [1.82, 2.24) is 15.2 Å². The molecule has 1 heterocycles. The number of hydrazone groups is 1.